The van der Waals surface area contributed by atoms with Gasteiger partial charge in [0.25, 0.3) is 0 Å². The number of aliphatic hydroxyl groups is 4. The lowest BCUT2D eigenvalue weighted by Gasteiger charge is -2.27. The van der Waals surface area contributed by atoms with Gasteiger partial charge in [-0.3, -0.25) is 4.79 Å². The van der Waals surface area contributed by atoms with E-state index in [1.165, 1.54) is 103 Å². The molecule has 0 aliphatic rings. The van der Waals surface area contributed by atoms with Crippen LogP contribution in [0.2, 0.25) is 0 Å². The number of carbonyl (C=O) groups is 1. The summed E-state index contributed by atoms with van der Waals surface area (Å²) in [5, 5.41) is 43.0. The first-order valence-corrected chi connectivity index (χ1v) is 16.4. The number of amides is 1. The third kappa shape index (κ3) is 22.2. The molecule has 38 heavy (non-hydrogen) atoms. The van der Waals surface area contributed by atoms with Gasteiger partial charge in [-0.1, -0.05) is 155 Å². The van der Waals surface area contributed by atoms with E-state index in [2.05, 4.69) is 19.2 Å². The molecule has 4 unspecified atom stereocenters. The second-order valence-corrected chi connectivity index (χ2v) is 11.5. The molecular weight excluding hydrogens is 478 g/mol. The third-order valence-electron chi connectivity index (χ3n) is 7.82. The number of aliphatic hydroxyl groups excluding tert-OH is 4. The van der Waals surface area contributed by atoms with Crippen molar-refractivity contribution in [1.82, 2.24) is 5.32 Å². The van der Waals surface area contributed by atoms with Crippen molar-refractivity contribution in [2.24, 2.45) is 0 Å². The van der Waals surface area contributed by atoms with Crippen LogP contribution in [0.25, 0.3) is 0 Å². The minimum atomic E-state index is -1.25. The molecule has 0 rings (SSSR count). The maximum atomic E-state index is 12.3. The third-order valence-corrected chi connectivity index (χ3v) is 7.82. The lowest BCUT2D eigenvalue weighted by Crippen LogP contribution is -2.53. The maximum Gasteiger partial charge on any atom is 0.249 e. The average molecular weight is 544 g/mol. The van der Waals surface area contributed by atoms with Crippen molar-refractivity contribution in [3.8, 4) is 0 Å². The van der Waals surface area contributed by atoms with Crippen LogP contribution in [0.3, 0.4) is 0 Å². The average Bonchev–Trinajstić information content (AvgIpc) is 2.92. The Morgan fingerprint density at radius 3 is 1.26 bits per heavy atom. The van der Waals surface area contributed by atoms with E-state index < -0.39 is 36.9 Å². The second-order valence-electron chi connectivity index (χ2n) is 11.5. The molecular formula is C32H65NO5. The van der Waals surface area contributed by atoms with E-state index in [0.717, 1.165) is 38.5 Å². The van der Waals surface area contributed by atoms with E-state index in [1.807, 2.05) is 0 Å². The Labute approximate surface area is 235 Å². The molecule has 0 bridgehead atoms. The molecule has 0 heterocycles. The van der Waals surface area contributed by atoms with Crippen molar-refractivity contribution in [3.63, 3.8) is 0 Å². The maximum absolute atomic E-state index is 12.3. The van der Waals surface area contributed by atoms with Crippen molar-refractivity contribution in [2.75, 3.05) is 6.61 Å². The molecule has 5 N–H and O–H groups in total. The van der Waals surface area contributed by atoms with Crippen molar-refractivity contribution in [3.05, 3.63) is 0 Å². The molecule has 0 aromatic carbocycles. The molecule has 6 nitrogen and oxygen atoms in total. The quantitative estimate of drug-likeness (QED) is 0.0656. The number of hydrogen-bond donors (Lipinski definition) is 5. The van der Waals surface area contributed by atoms with Crippen molar-refractivity contribution < 1.29 is 25.2 Å². The molecule has 0 aliphatic heterocycles. The first-order valence-electron chi connectivity index (χ1n) is 16.4. The van der Waals surface area contributed by atoms with Gasteiger partial charge in [0.2, 0.25) is 5.91 Å². The van der Waals surface area contributed by atoms with E-state index in [4.69, 9.17) is 0 Å². The summed E-state index contributed by atoms with van der Waals surface area (Å²) in [5.41, 5.74) is 0. The Morgan fingerprint density at radius 1 is 0.553 bits per heavy atom. The van der Waals surface area contributed by atoms with E-state index in [-0.39, 0.29) is 0 Å². The molecule has 0 saturated heterocycles. The lowest BCUT2D eigenvalue weighted by molar-refractivity contribution is -0.132. The Hall–Kier alpha value is -0.690. The van der Waals surface area contributed by atoms with Crippen molar-refractivity contribution in [1.29, 1.82) is 0 Å². The van der Waals surface area contributed by atoms with E-state index >= 15 is 0 Å². The van der Waals surface area contributed by atoms with Gasteiger partial charge in [0.15, 0.2) is 0 Å². The normalized spacial score (nSPS) is 14.8. The highest BCUT2D eigenvalue weighted by Crippen LogP contribution is 2.15. The van der Waals surface area contributed by atoms with Crippen LogP contribution in [0.15, 0.2) is 0 Å². The van der Waals surface area contributed by atoms with Gasteiger partial charge in [-0.2, -0.15) is 0 Å². The lowest BCUT2D eigenvalue weighted by atomic mass is 9.99. The van der Waals surface area contributed by atoms with Gasteiger partial charge < -0.3 is 25.7 Å². The highest BCUT2D eigenvalue weighted by atomic mass is 16.3. The summed E-state index contributed by atoms with van der Waals surface area (Å²) in [6.45, 7) is 3.97. The predicted molar refractivity (Wildman–Crippen MR) is 159 cm³/mol. The van der Waals surface area contributed by atoms with Crippen molar-refractivity contribution >= 4 is 5.91 Å². The van der Waals surface area contributed by atoms with E-state index in [0.29, 0.717) is 12.8 Å². The second kappa shape index (κ2) is 27.9. The van der Waals surface area contributed by atoms with E-state index in [1.54, 1.807) is 0 Å². The summed E-state index contributed by atoms with van der Waals surface area (Å²) >= 11 is 0. The fraction of sp³-hybridized carbons (Fsp3) is 0.969. The molecule has 0 radical (unpaired) electrons. The number of rotatable bonds is 29. The van der Waals surface area contributed by atoms with Gasteiger partial charge in [0.05, 0.1) is 18.8 Å². The zero-order chi connectivity index (χ0) is 28.3. The molecule has 1 amide bonds. The van der Waals surface area contributed by atoms with Crippen LogP contribution in [-0.2, 0) is 4.79 Å². The summed E-state index contributed by atoms with van der Waals surface area (Å²) in [6, 6.07) is -0.974. The van der Waals surface area contributed by atoms with Gasteiger partial charge in [-0.05, 0) is 12.8 Å². The summed E-state index contributed by atoms with van der Waals surface area (Å²) in [7, 11) is 0. The van der Waals surface area contributed by atoms with Crippen LogP contribution >= 0.6 is 0 Å². The molecule has 228 valence electrons. The summed E-state index contributed by atoms with van der Waals surface area (Å²) < 4.78 is 0. The van der Waals surface area contributed by atoms with Gasteiger partial charge in [0, 0.05) is 0 Å². The number of carbonyl (C=O) groups excluding carboxylic acids is 1. The zero-order valence-corrected chi connectivity index (χ0v) is 25.2. The number of nitrogens with one attached hydrogen (secondary N) is 1. The summed E-state index contributed by atoms with van der Waals surface area (Å²) in [5.74, 6) is -0.586. The van der Waals surface area contributed by atoms with Crippen LogP contribution in [0.4, 0.5) is 0 Å². The minimum Gasteiger partial charge on any atom is -0.394 e. The Morgan fingerprint density at radius 2 is 0.895 bits per heavy atom. The van der Waals surface area contributed by atoms with Crippen LogP contribution in [-0.4, -0.2) is 57.3 Å². The standard InChI is InChI=1S/C32H65NO5/c1-3-5-7-9-11-12-13-14-15-16-17-18-20-22-24-26-30(36)32(38)33-28(27-34)31(37)29(35)25-23-21-19-10-8-6-4-2/h28-31,34-37H,3-27H2,1-2H3,(H,33,38). The number of unbranched alkanes of at least 4 members (excludes halogenated alkanes) is 20. The minimum absolute atomic E-state index is 0.374. The molecule has 6 heteroatoms. The van der Waals surface area contributed by atoms with Gasteiger partial charge >= 0.3 is 0 Å². The molecule has 0 fully saturated rings. The Balaban J connectivity index is 3.79. The summed E-state index contributed by atoms with van der Waals surface area (Å²) in [6.07, 6.45) is 24.2. The first kappa shape index (κ1) is 37.3. The first-order chi connectivity index (χ1) is 18.5. The molecule has 4 atom stereocenters. The van der Waals surface area contributed by atoms with Gasteiger partial charge in [0.1, 0.15) is 12.2 Å². The topological polar surface area (TPSA) is 110 Å². The molecule has 0 aliphatic carbocycles. The Kier molecular flexibility index (Phi) is 27.4. The SMILES string of the molecule is CCCCCCCCCCCCCCCCCC(O)C(=O)NC(CO)C(O)C(O)CCCCCCCCC. The molecule has 0 spiro atoms. The zero-order valence-electron chi connectivity index (χ0n) is 25.2. The Bertz CT molecular complexity index is 504. The van der Waals surface area contributed by atoms with Crippen molar-refractivity contribution in [2.45, 2.75) is 192 Å². The highest BCUT2D eigenvalue weighted by Gasteiger charge is 2.28. The van der Waals surface area contributed by atoms with Crippen LogP contribution < -0.4 is 5.32 Å². The predicted octanol–water partition coefficient (Wildman–Crippen LogP) is 6.95. The molecule has 0 saturated carbocycles. The fourth-order valence-corrected chi connectivity index (χ4v) is 5.11. The molecule has 0 aromatic rings. The van der Waals surface area contributed by atoms with E-state index in [9.17, 15) is 25.2 Å². The van der Waals surface area contributed by atoms with Gasteiger partial charge in [-0.15, -0.1) is 0 Å². The fourth-order valence-electron chi connectivity index (χ4n) is 5.11. The highest BCUT2D eigenvalue weighted by molar-refractivity contribution is 5.80. The summed E-state index contributed by atoms with van der Waals surface area (Å²) in [4.78, 5) is 12.3. The molecule has 0 aromatic heterocycles. The van der Waals surface area contributed by atoms with Gasteiger partial charge in [-0.25, -0.2) is 0 Å². The van der Waals surface area contributed by atoms with Crippen LogP contribution in [0.5, 0.6) is 0 Å². The smallest absolute Gasteiger partial charge is 0.249 e. The largest absolute Gasteiger partial charge is 0.394 e. The van der Waals surface area contributed by atoms with Crippen LogP contribution in [0, 0.1) is 0 Å². The number of hydrogen-bond acceptors (Lipinski definition) is 5. The van der Waals surface area contributed by atoms with Crippen LogP contribution in [0.1, 0.15) is 168 Å². The monoisotopic (exact) mass is 543 g/mol.